The Morgan fingerprint density at radius 2 is 2.11 bits per heavy atom. The Morgan fingerprint density at radius 1 is 1.50 bits per heavy atom. The molecular weight excluding hydrogens is 260 g/mol. The molecule has 1 aliphatic rings. The lowest BCUT2D eigenvalue weighted by Crippen LogP contribution is -2.42. The second kappa shape index (κ2) is 5.96. The Morgan fingerprint density at radius 3 is 2.56 bits per heavy atom. The first-order valence-electron chi connectivity index (χ1n) is 5.74. The average Bonchev–Trinajstić information content (AvgIpc) is 3.13. The minimum Gasteiger partial charge on any atom is -0.469 e. The molecule has 2 N–H and O–H groups in total. The molecule has 0 saturated heterocycles. The van der Waals surface area contributed by atoms with Crippen LogP contribution in [0.5, 0.6) is 0 Å². The molecule has 0 aromatic carbocycles. The highest BCUT2D eigenvalue weighted by molar-refractivity contribution is 7.87. The van der Waals surface area contributed by atoms with E-state index in [1.54, 1.807) is 0 Å². The van der Waals surface area contributed by atoms with E-state index in [9.17, 15) is 13.2 Å². The van der Waals surface area contributed by atoms with Crippen molar-refractivity contribution in [2.45, 2.75) is 19.3 Å². The molecule has 0 heterocycles. The molecule has 0 spiro atoms. The second-order valence-corrected chi connectivity index (χ2v) is 6.49. The largest absolute Gasteiger partial charge is 0.469 e. The number of carbonyl (C=O) groups excluding carboxylic acids is 1. The summed E-state index contributed by atoms with van der Waals surface area (Å²) in [4.78, 5) is 10.9. The maximum Gasteiger partial charge on any atom is 0.306 e. The molecule has 1 fully saturated rings. The van der Waals surface area contributed by atoms with Crippen LogP contribution in [-0.4, -0.2) is 57.7 Å². The van der Waals surface area contributed by atoms with Gasteiger partial charge in [0.05, 0.1) is 13.5 Å². The van der Waals surface area contributed by atoms with Crippen molar-refractivity contribution in [3.05, 3.63) is 0 Å². The summed E-state index contributed by atoms with van der Waals surface area (Å²) >= 11 is 0. The number of aliphatic hydroxyl groups is 1. The highest BCUT2D eigenvalue weighted by Gasteiger charge is 2.42. The molecule has 106 valence electrons. The van der Waals surface area contributed by atoms with Gasteiger partial charge in [-0.05, 0) is 12.8 Å². The van der Waals surface area contributed by atoms with Gasteiger partial charge in [0, 0.05) is 32.2 Å². The summed E-state index contributed by atoms with van der Waals surface area (Å²) in [6, 6.07) is 0. The number of aliphatic hydroxyl groups excluding tert-OH is 1. The van der Waals surface area contributed by atoms with Crippen molar-refractivity contribution in [1.82, 2.24) is 9.03 Å². The van der Waals surface area contributed by atoms with Gasteiger partial charge >= 0.3 is 5.97 Å². The van der Waals surface area contributed by atoms with Crippen LogP contribution in [0.4, 0.5) is 0 Å². The highest BCUT2D eigenvalue weighted by atomic mass is 32.2. The lowest BCUT2D eigenvalue weighted by atomic mass is 10.1. The van der Waals surface area contributed by atoms with E-state index in [1.807, 2.05) is 0 Å². The molecule has 0 bridgehead atoms. The lowest BCUT2D eigenvalue weighted by molar-refractivity contribution is -0.140. The van der Waals surface area contributed by atoms with E-state index in [4.69, 9.17) is 5.11 Å². The molecule has 0 amide bonds. The van der Waals surface area contributed by atoms with Crippen molar-refractivity contribution >= 4 is 16.2 Å². The van der Waals surface area contributed by atoms with Gasteiger partial charge in [-0.25, -0.2) is 4.72 Å². The maximum absolute atomic E-state index is 11.8. The van der Waals surface area contributed by atoms with Gasteiger partial charge < -0.3 is 9.84 Å². The van der Waals surface area contributed by atoms with Gasteiger partial charge in [0.1, 0.15) is 0 Å². The van der Waals surface area contributed by atoms with Crippen LogP contribution in [0.15, 0.2) is 0 Å². The number of nitrogens with one attached hydrogen (secondary N) is 1. The monoisotopic (exact) mass is 280 g/mol. The fraction of sp³-hybridized carbons (Fsp3) is 0.900. The fourth-order valence-electron chi connectivity index (χ4n) is 1.39. The van der Waals surface area contributed by atoms with Gasteiger partial charge in [-0.2, -0.15) is 12.7 Å². The van der Waals surface area contributed by atoms with E-state index >= 15 is 0 Å². The first kappa shape index (κ1) is 15.4. The van der Waals surface area contributed by atoms with E-state index in [1.165, 1.54) is 14.2 Å². The van der Waals surface area contributed by atoms with Crippen LogP contribution in [-0.2, 0) is 19.7 Å². The second-order valence-electron chi connectivity index (χ2n) is 4.63. The van der Waals surface area contributed by atoms with Crippen molar-refractivity contribution in [2.75, 3.05) is 33.9 Å². The van der Waals surface area contributed by atoms with Gasteiger partial charge in [0.15, 0.2) is 0 Å². The summed E-state index contributed by atoms with van der Waals surface area (Å²) in [6.07, 6.45) is 1.68. The zero-order valence-electron chi connectivity index (χ0n) is 10.7. The Hall–Kier alpha value is -0.700. The van der Waals surface area contributed by atoms with Gasteiger partial charge in [-0.15, -0.1) is 0 Å². The summed E-state index contributed by atoms with van der Waals surface area (Å²) in [5.41, 5.74) is -0.281. The van der Waals surface area contributed by atoms with Gasteiger partial charge in [-0.3, -0.25) is 4.79 Å². The third kappa shape index (κ3) is 4.20. The third-order valence-corrected chi connectivity index (χ3v) is 4.70. The van der Waals surface area contributed by atoms with Crippen LogP contribution < -0.4 is 4.72 Å². The zero-order chi connectivity index (χ0) is 13.8. The highest BCUT2D eigenvalue weighted by Crippen LogP contribution is 2.44. The van der Waals surface area contributed by atoms with Crippen LogP contribution in [0.3, 0.4) is 0 Å². The number of methoxy groups -OCH3 is 1. The SMILES string of the molecule is COC(=O)CCN(C)S(=O)(=O)NCC1(CO)CC1. The van der Waals surface area contributed by atoms with Crippen molar-refractivity contribution in [1.29, 1.82) is 0 Å². The van der Waals surface area contributed by atoms with E-state index in [-0.39, 0.29) is 31.5 Å². The minimum absolute atomic E-state index is 0.0125. The molecule has 0 aliphatic heterocycles. The summed E-state index contributed by atoms with van der Waals surface area (Å²) in [5.74, 6) is -0.453. The number of rotatable bonds is 8. The van der Waals surface area contributed by atoms with Crippen LogP contribution in [0, 0.1) is 5.41 Å². The maximum atomic E-state index is 11.8. The quantitative estimate of drug-likeness (QED) is 0.561. The van der Waals surface area contributed by atoms with E-state index in [0.29, 0.717) is 0 Å². The first-order valence-corrected chi connectivity index (χ1v) is 7.18. The van der Waals surface area contributed by atoms with Crippen molar-refractivity contribution in [3.63, 3.8) is 0 Å². The number of hydrogen-bond acceptors (Lipinski definition) is 5. The summed E-state index contributed by atoms with van der Waals surface area (Å²) < 4.78 is 31.6. The average molecular weight is 280 g/mol. The van der Waals surface area contributed by atoms with Crippen LogP contribution in [0.1, 0.15) is 19.3 Å². The number of hydrogen-bond donors (Lipinski definition) is 2. The Kier molecular flexibility index (Phi) is 5.09. The normalized spacial score (nSPS) is 17.8. The van der Waals surface area contributed by atoms with E-state index in [2.05, 4.69) is 9.46 Å². The van der Waals surface area contributed by atoms with E-state index in [0.717, 1.165) is 17.1 Å². The molecule has 0 aromatic rings. The van der Waals surface area contributed by atoms with Gasteiger partial charge in [0.25, 0.3) is 10.2 Å². The Labute approximate surface area is 107 Å². The van der Waals surface area contributed by atoms with Crippen LogP contribution >= 0.6 is 0 Å². The number of esters is 1. The molecule has 0 unspecified atom stereocenters. The summed E-state index contributed by atoms with van der Waals surface area (Å²) in [6.45, 7) is 0.282. The van der Waals surface area contributed by atoms with Crippen LogP contribution in [0.2, 0.25) is 0 Å². The standard InChI is InChI=1S/C10H20N2O5S/c1-12(6-3-9(14)17-2)18(15,16)11-7-10(8-13)4-5-10/h11,13H,3-8H2,1-2H3. The summed E-state index contributed by atoms with van der Waals surface area (Å²) in [5, 5.41) is 9.09. The molecule has 7 nitrogen and oxygen atoms in total. The number of ether oxygens (including phenoxy) is 1. The molecule has 0 radical (unpaired) electrons. The molecule has 18 heavy (non-hydrogen) atoms. The topological polar surface area (TPSA) is 95.9 Å². The Bertz CT molecular complexity index is 391. The van der Waals surface area contributed by atoms with E-state index < -0.39 is 16.2 Å². The molecular formula is C10H20N2O5S. The van der Waals surface area contributed by atoms with Crippen molar-refractivity contribution in [2.24, 2.45) is 5.41 Å². The van der Waals surface area contributed by atoms with Gasteiger partial charge in [0.2, 0.25) is 0 Å². The Balaban J connectivity index is 2.40. The summed E-state index contributed by atoms with van der Waals surface area (Å²) in [7, 11) is -0.953. The number of carbonyl (C=O) groups is 1. The van der Waals surface area contributed by atoms with Crippen molar-refractivity contribution in [3.8, 4) is 0 Å². The zero-order valence-corrected chi connectivity index (χ0v) is 11.5. The third-order valence-electron chi connectivity index (χ3n) is 3.19. The number of nitrogens with zero attached hydrogens (tertiary/aromatic N) is 1. The molecule has 1 saturated carbocycles. The fourth-order valence-corrected chi connectivity index (χ4v) is 2.43. The molecule has 1 aliphatic carbocycles. The predicted octanol–water partition coefficient (Wildman–Crippen LogP) is -0.912. The molecule has 0 aromatic heterocycles. The lowest BCUT2D eigenvalue weighted by Gasteiger charge is -2.19. The van der Waals surface area contributed by atoms with Crippen LogP contribution in [0.25, 0.3) is 0 Å². The smallest absolute Gasteiger partial charge is 0.306 e. The minimum atomic E-state index is -3.60. The first-order chi connectivity index (χ1) is 8.35. The molecule has 8 heteroatoms. The molecule has 0 atom stereocenters. The predicted molar refractivity (Wildman–Crippen MR) is 64.9 cm³/mol. The van der Waals surface area contributed by atoms with Gasteiger partial charge in [-0.1, -0.05) is 0 Å². The van der Waals surface area contributed by atoms with Crippen molar-refractivity contribution < 1.29 is 23.1 Å². The molecule has 1 rings (SSSR count).